The summed E-state index contributed by atoms with van der Waals surface area (Å²) in [5.74, 6) is 0.423. The lowest BCUT2D eigenvalue weighted by Gasteiger charge is -2.32. The molecule has 2 aliphatic rings. The topological polar surface area (TPSA) is 47.6 Å². The van der Waals surface area contributed by atoms with Crippen LogP contribution in [-0.2, 0) is 4.79 Å². The van der Waals surface area contributed by atoms with Gasteiger partial charge in [-0.3, -0.25) is 9.69 Å². The number of amides is 1. The second kappa shape index (κ2) is 6.33. The molecule has 2 saturated heterocycles. The van der Waals surface area contributed by atoms with Crippen LogP contribution >= 0.6 is 0 Å². The number of likely N-dealkylation sites (N-methyl/N-ethyl adjacent to an activating group) is 1. The van der Waals surface area contributed by atoms with Crippen LogP contribution in [0.3, 0.4) is 0 Å². The minimum absolute atomic E-state index is 0.197. The molecule has 5 heteroatoms. The van der Waals surface area contributed by atoms with E-state index in [2.05, 4.69) is 27.5 Å². The summed E-state index contributed by atoms with van der Waals surface area (Å²) in [7, 11) is 2.16. The molecule has 2 aliphatic heterocycles. The molecule has 2 heterocycles. The van der Waals surface area contributed by atoms with E-state index < -0.39 is 0 Å². The Morgan fingerprint density at radius 2 is 2.12 bits per heavy atom. The molecule has 0 aromatic rings. The van der Waals surface area contributed by atoms with Gasteiger partial charge in [-0.25, -0.2) is 0 Å². The minimum Gasteiger partial charge on any atom is -0.355 e. The first-order chi connectivity index (χ1) is 8.25. The summed E-state index contributed by atoms with van der Waals surface area (Å²) in [6.07, 6.45) is 0.986. The number of rotatable bonds is 4. The molecule has 0 radical (unpaired) electrons. The van der Waals surface area contributed by atoms with Crippen LogP contribution in [0.5, 0.6) is 0 Å². The van der Waals surface area contributed by atoms with Gasteiger partial charge in [0.15, 0.2) is 0 Å². The monoisotopic (exact) mass is 240 g/mol. The van der Waals surface area contributed by atoms with Crippen LogP contribution in [0.15, 0.2) is 0 Å². The lowest BCUT2D eigenvalue weighted by molar-refractivity contribution is -0.124. The van der Waals surface area contributed by atoms with Crippen LogP contribution < -0.4 is 10.6 Å². The number of hydrogen-bond donors (Lipinski definition) is 2. The van der Waals surface area contributed by atoms with Gasteiger partial charge in [0.05, 0.1) is 5.92 Å². The van der Waals surface area contributed by atoms with Crippen molar-refractivity contribution in [3.05, 3.63) is 0 Å². The minimum atomic E-state index is 0.197. The first kappa shape index (κ1) is 12.8. The maximum absolute atomic E-state index is 11.8. The smallest absolute Gasteiger partial charge is 0.224 e. The Bertz CT molecular complexity index is 245. The van der Waals surface area contributed by atoms with Crippen molar-refractivity contribution in [2.75, 3.05) is 59.4 Å². The Labute approximate surface area is 104 Å². The van der Waals surface area contributed by atoms with Gasteiger partial charge in [-0.05, 0) is 20.0 Å². The van der Waals surface area contributed by atoms with Crippen molar-refractivity contribution in [3.8, 4) is 0 Å². The third-order valence-corrected chi connectivity index (χ3v) is 3.75. The van der Waals surface area contributed by atoms with Crippen molar-refractivity contribution >= 4 is 5.91 Å². The summed E-state index contributed by atoms with van der Waals surface area (Å²) in [6.45, 7) is 8.13. The van der Waals surface area contributed by atoms with E-state index in [0.717, 1.165) is 58.8 Å². The number of carbonyl (C=O) groups is 1. The summed E-state index contributed by atoms with van der Waals surface area (Å²) >= 11 is 0. The van der Waals surface area contributed by atoms with Crippen molar-refractivity contribution < 1.29 is 4.79 Å². The van der Waals surface area contributed by atoms with Crippen molar-refractivity contribution in [2.45, 2.75) is 6.42 Å². The van der Waals surface area contributed by atoms with Crippen LogP contribution in [0.4, 0.5) is 0 Å². The second-order valence-electron chi connectivity index (χ2n) is 5.13. The average Bonchev–Trinajstić information content (AvgIpc) is 2.85. The third-order valence-electron chi connectivity index (χ3n) is 3.75. The number of nitrogens with one attached hydrogen (secondary N) is 2. The van der Waals surface area contributed by atoms with Gasteiger partial charge in [0.1, 0.15) is 0 Å². The fraction of sp³-hybridized carbons (Fsp3) is 0.917. The van der Waals surface area contributed by atoms with Gasteiger partial charge < -0.3 is 15.5 Å². The van der Waals surface area contributed by atoms with Crippen LogP contribution in [0.2, 0.25) is 0 Å². The Kier molecular flexibility index (Phi) is 4.76. The normalized spacial score (nSPS) is 27.2. The average molecular weight is 240 g/mol. The van der Waals surface area contributed by atoms with E-state index in [9.17, 15) is 4.79 Å². The van der Waals surface area contributed by atoms with Crippen molar-refractivity contribution in [2.24, 2.45) is 5.92 Å². The first-order valence-corrected chi connectivity index (χ1v) is 6.65. The number of hydrogen-bond acceptors (Lipinski definition) is 4. The van der Waals surface area contributed by atoms with Crippen LogP contribution in [-0.4, -0.2) is 75.1 Å². The molecule has 1 amide bonds. The predicted octanol–water partition coefficient (Wildman–Crippen LogP) is -1.04. The summed E-state index contributed by atoms with van der Waals surface area (Å²) in [5, 5.41) is 6.27. The highest BCUT2D eigenvalue weighted by Gasteiger charge is 2.22. The highest BCUT2D eigenvalue weighted by atomic mass is 16.1. The fourth-order valence-corrected chi connectivity index (χ4v) is 2.43. The van der Waals surface area contributed by atoms with Gasteiger partial charge in [0.25, 0.3) is 0 Å². The van der Waals surface area contributed by atoms with Gasteiger partial charge >= 0.3 is 0 Å². The summed E-state index contributed by atoms with van der Waals surface area (Å²) in [5.41, 5.74) is 0. The maximum atomic E-state index is 11.8. The zero-order valence-electron chi connectivity index (χ0n) is 10.7. The van der Waals surface area contributed by atoms with Crippen LogP contribution in [0.1, 0.15) is 6.42 Å². The Hall–Kier alpha value is -0.650. The Balaban J connectivity index is 1.57. The van der Waals surface area contributed by atoms with Crippen molar-refractivity contribution in [3.63, 3.8) is 0 Å². The van der Waals surface area contributed by atoms with Gasteiger partial charge in [-0.15, -0.1) is 0 Å². The van der Waals surface area contributed by atoms with Crippen LogP contribution in [0.25, 0.3) is 0 Å². The van der Waals surface area contributed by atoms with E-state index in [0.29, 0.717) is 0 Å². The fourth-order valence-electron chi connectivity index (χ4n) is 2.43. The largest absolute Gasteiger partial charge is 0.355 e. The molecular weight excluding hydrogens is 216 g/mol. The molecule has 0 saturated carbocycles. The second-order valence-corrected chi connectivity index (χ2v) is 5.13. The molecule has 0 aromatic heterocycles. The standard InChI is InChI=1S/C12H24N4O/c1-15-6-8-16(9-7-15)5-4-14-12(17)11-2-3-13-10-11/h11,13H,2-10H2,1H3,(H,14,17). The Morgan fingerprint density at radius 1 is 1.35 bits per heavy atom. The lowest BCUT2D eigenvalue weighted by Crippen LogP contribution is -2.47. The van der Waals surface area contributed by atoms with Crippen molar-refractivity contribution in [1.82, 2.24) is 20.4 Å². The molecule has 5 nitrogen and oxygen atoms in total. The molecule has 1 unspecified atom stereocenters. The van der Waals surface area contributed by atoms with Crippen LogP contribution in [0, 0.1) is 5.92 Å². The van der Waals surface area contributed by atoms with E-state index in [1.165, 1.54) is 0 Å². The first-order valence-electron chi connectivity index (χ1n) is 6.65. The number of piperazine rings is 1. The van der Waals surface area contributed by atoms with E-state index in [-0.39, 0.29) is 11.8 Å². The van der Waals surface area contributed by atoms with Gasteiger partial charge in [-0.1, -0.05) is 0 Å². The molecule has 0 aromatic carbocycles. The van der Waals surface area contributed by atoms with E-state index in [1.807, 2.05) is 0 Å². The molecule has 0 spiro atoms. The van der Waals surface area contributed by atoms with Gasteiger partial charge in [0, 0.05) is 45.8 Å². The number of nitrogens with zero attached hydrogens (tertiary/aromatic N) is 2. The summed E-state index contributed by atoms with van der Waals surface area (Å²) < 4.78 is 0. The third kappa shape index (κ3) is 3.94. The molecule has 0 aliphatic carbocycles. The Morgan fingerprint density at radius 3 is 2.76 bits per heavy atom. The maximum Gasteiger partial charge on any atom is 0.224 e. The summed E-state index contributed by atoms with van der Waals surface area (Å²) in [6, 6.07) is 0. The zero-order valence-corrected chi connectivity index (χ0v) is 10.7. The SMILES string of the molecule is CN1CCN(CCNC(=O)C2CCNC2)CC1. The van der Waals surface area contributed by atoms with E-state index >= 15 is 0 Å². The molecule has 98 valence electrons. The molecule has 1 atom stereocenters. The zero-order chi connectivity index (χ0) is 12.1. The highest BCUT2D eigenvalue weighted by Crippen LogP contribution is 2.06. The molecule has 0 bridgehead atoms. The molecule has 2 N–H and O–H groups in total. The van der Waals surface area contributed by atoms with E-state index in [4.69, 9.17) is 0 Å². The van der Waals surface area contributed by atoms with E-state index in [1.54, 1.807) is 0 Å². The summed E-state index contributed by atoms with van der Waals surface area (Å²) in [4.78, 5) is 16.5. The highest BCUT2D eigenvalue weighted by molar-refractivity contribution is 5.79. The predicted molar refractivity (Wildman–Crippen MR) is 67.9 cm³/mol. The molecule has 2 fully saturated rings. The molecular formula is C12H24N4O. The molecule has 17 heavy (non-hydrogen) atoms. The van der Waals surface area contributed by atoms with Gasteiger partial charge in [-0.2, -0.15) is 0 Å². The quantitative estimate of drug-likeness (QED) is 0.659. The van der Waals surface area contributed by atoms with Gasteiger partial charge in [0.2, 0.25) is 5.91 Å². The number of carbonyl (C=O) groups excluding carboxylic acids is 1. The lowest BCUT2D eigenvalue weighted by atomic mass is 10.1. The molecule has 2 rings (SSSR count). The van der Waals surface area contributed by atoms with Crippen molar-refractivity contribution in [1.29, 1.82) is 0 Å².